The van der Waals surface area contributed by atoms with Crippen molar-refractivity contribution >= 4 is 23.2 Å². The van der Waals surface area contributed by atoms with Gasteiger partial charge in [0.2, 0.25) is 5.91 Å². The number of benzene rings is 1. The molecule has 3 nitrogen and oxygen atoms in total. The molecule has 0 spiro atoms. The summed E-state index contributed by atoms with van der Waals surface area (Å²) in [5.41, 5.74) is -0.802. The van der Waals surface area contributed by atoms with Gasteiger partial charge in [0, 0.05) is 17.1 Å². The second kappa shape index (κ2) is 6.01. The van der Waals surface area contributed by atoms with Gasteiger partial charge in [-0.1, -0.05) is 11.6 Å². The fourth-order valence-corrected chi connectivity index (χ4v) is 2.42. The standard InChI is InChI=1S/C13H14ClF3N2O/c14-10-4-9(13(15,16)17)5-11(6-10)19-12(20)3-8-1-2-18-7-8/h4-6,8,18H,1-3,7H2,(H,19,20). The lowest BCUT2D eigenvalue weighted by Gasteiger charge is -2.12. The van der Waals surface area contributed by atoms with E-state index in [1.165, 1.54) is 6.07 Å². The van der Waals surface area contributed by atoms with Crippen molar-refractivity contribution in [3.8, 4) is 0 Å². The Morgan fingerprint density at radius 3 is 2.75 bits per heavy atom. The quantitative estimate of drug-likeness (QED) is 0.899. The van der Waals surface area contributed by atoms with Crippen molar-refractivity contribution in [2.24, 2.45) is 5.92 Å². The third kappa shape index (κ3) is 4.11. The molecule has 1 aliphatic heterocycles. The highest BCUT2D eigenvalue weighted by atomic mass is 35.5. The van der Waals surface area contributed by atoms with Gasteiger partial charge in [-0.25, -0.2) is 0 Å². The normalized spacial score (nSPS) is 19.1. The number of alkyl halides is 3. The van der Waals surface area contributed by atoms with Crippen LogP contribution in [0.2, 0.25) is 5.02 Å². The Bertz CT molecular complexity index is 499. The molecule has 1 heterocycles. The third-order valence-corrected chi connectivity index (χ3v) is 3.36. The van der Waals surface area contributed by atoms with Gasteiger partial charge < -0.3 is 10.6 Å². The maximum atomic E-state index is 12.6. The molecule has 1 atom stereocenters. The van der Waals surface area contributed by atoms with Crippen LogP contribution in [0.3, 0.4) is 0 Å². The zero-order valence-corrected chi connectivity index (χ0v) is 11.3. The topological polar surface area (TPSA) is 41.1 Å². The van der Waals surface area contributed by atoms with Crippen molar-refractivity contribution in [2.45, 2.75) is 19.0 Å². The molecule has 0 aliphatic carbocycles. The fraction of sp³-hybridized carbons (Fsp3) is 0.462. The van der Waals surface area contributed by atoms with E-state index in [0.29, 0.717) is 6.42 Å². The molecule has 1 amide bonds. The number of hydrogen-bond acceptors (Lipinski definition) is 2. The monoisotopic (exact) mass is 306 g/mol. The SMILES string of the molecule is O=C(CC1CCNC1)Nc1cc(Cl)cc(C(F)(F)F)c1. The zero-order chi connectivity index (χ0) is 14.8. The molecule has 0 saturated carbocycles. The first kappa shape index (κ1) is 15.1. The molecule has 1 unspecified atom stereocenters. The highest BCUT2D eigenvalue weighted by molar-refractivity contribution is 6.31. The molecule has 110 valence electrons. The smallest absolute Gasteiger partial charge is 0.326 e. The van der Waals surface area contributed by atoms with Gasteiger partial charge in [0.1, 0.15) is 0 Å². The second-order valence-corrected chi connectivity index (χ2v) is 5.27. The molecule has 0 bridgehead atoms. The van der Waals surface area contributed by atoms with Crippen molar-refractivity contribution in [3.05, 3.63) is 28.8 Å². The van der Waals surface area contributed by atoms with E-state index in [1.54, 1.807) is 0 Å². The molecule has 20 heavy (non-hydrogen) atoms. The van der Waals surface area contributed by atoms with Crippen LogP contribution in [-0.4, -0.2) is 19.0 Å². The predicted octanol–water partition coefficient (Wildman–Crippen LogP) is 3.30. The number of carbonyl (C=O) groups excluding carboxylic acids is 1. The largest absolute Gasteiger partial charge is 0.416 e. The first-order valence-corrected chi connectivity index (χ1v) is 6.61. The van der Waals surface area contributed by atoms with Crippen molar-refractivity contribution in [2.75, 3.05) is 18.4 Å². The van der Waals surface area contributed by atoms with Crippen LogP contribution < -0.4 is 10.6 Å². The molecule has 1 fully saturated rings. The maximum Gasteiger partial charge on any atom is 0.416 e. The molecule has 1 saturated heterocycles. The van der Waals surface area contributed by atoms with Crippen LogP contribution in [-0.2, 0) is 11.0 Å². The second-order valence-electron chi connectivity index (χ2n) is 4.84. The maximum absolute atomic E-state index is 12.6. The number of halogens is 4. The molecular weight excluding hydrogens is 293 g/mol. The summed E-state index contributed by atoms with van der Waals surface area (Å²) < 4.78 is 37.9. The van der Waals surface area contributed by atoms with Crippen LogP contribution in [0.15, 0.2) is 18.2 Å². The molecule has 1 aliphatic rings. The van der Waals surface area contributed by atoms with E-state index in [4.69, 9.17) is 11.6 Å². The number of anilines is 1. The van der Waals surface area contributed by atoms with Crippen molar-refractivity contribution in [1.82, 2.24) is 5.32 Å². The fourth-order valence-electron chi connectivity index (χ4n) is 2.19. The first-order valence-electron chi connectivity index (χ1n) is 6.23. The minimum Gasteiger partial charge on any atom is -0.326 e. The molecule has 2 rings (SSSR count). The van der Waals surface area contributed by atoms with E-state index >= 15 is 0 Å². The Balaban J connectivity index is 2.04. The highest BCUT2D eigenvalue weighted by Crippen LogP contribution is 2.33. The summed E-state index contributed by atoms with van der Waals surface area (Å²) in [4.78, 5) is 11.8. The molecule has 1 aromatic carbocycles. The van der Waals surface area contributed by atoms with Crippen LogP contribution in [0.25, 0.3) is 0 Å². The van der Waals surface area contributed by atoms with Crippen LogP contribution in [0.4, 0.5) is 18.9 Å². The van der Waals surface area contributed by atoms with E-state index in [2.05, 4.69) is 10.6 Å². The van der Waals surface area contributed by atoms with Gasteiger partial charge in [-0.3, -0.25) is 4.79 Å². The Labute approximate surface area is 119 Å². The Morgan fingerprint density at radius 2 is 2.15 bits per heavy atom. The summed E-state index contributed by atoms with van der Waals surface area (Å²) in [7, 11) is 0. The Morgan fingerprint density at radius 1 is 1.40 bits per heavy atom. The van der Waals surface area contributed by atoms with E-state index in [9.17, 15) is 18.0 Å². The number of nitrogens with one attached hydrogen (secondary N) is 2. The van der Waals surface area contributed by atoms with Crippen LogP contribution in [0, 0.1) is 5.92 Å². The summed E-state index contributed by atoms with van der Waals surface area (Å²) in [5, 5.41) is 5.54. The molecule has 1 aromatic rings. The van der Waals surface area contributed by atoms with Gasteiger partial charge >= 0.3 is 6.18 Å². The van der Waals surface area contributed by atoms with Gasteiger partial charge in [-0.2, -0.15) is 13.2 Å². The van der Waals surface area contributed by atoms with Crippen molar-refractivity contribution in [1.29, 1.82) is 0 Å². The van der Waals surface area contributed by atoms with Gasteiger partial charge in [-0.15, -0.1) is 0 Å². The minimum absolute atomic E-state index is 0.0577. The highest BCUT2D eigenvalue weighted by Gasteiger charge is 2.31. The number of carbonyl (C=O) groups is 1. The summed E-state index contributed by atoms with van der Waals surface area (Å²) >= 11 is 5.65. The minimum atomic E-state index is -4.49. The summed E-state index contributed by atoms with van der Waals surface area (Å²) in [6.45, 7) is 1.63. The van der Waals surface area contributed by atoms with Gasteiger partial charge in [-0.05, 0) is 43.6 Å². The van der Waals surface area contributed by atoms with E-state index in [1.807, 2.05) is 0 Å². The average Bonchev–Trinajstić information content (AvgIpc) is 2.79. The Hall–Kier alpha value is -1.27. The number of hydrogen-bond donors (Lipinski definition) is 2. The lowest BCUT2D eigenvalue weighted by Crippen LogP contribution is -2.18. The zero-order valence-electron chi connectivity index (χ0n) is 10.6. The summed E-state index contributed by atoms with van der Waals surface area (Å²) in [6, 6.07) is 3.02. The van der Waals surface area contributed by atoms with Crippen LogP contribution in [0.5, 0.6) is 0 Å². The van der Waals surface area contributed by atoms with E-state index in [-0.39, 0.29) is 22.5 Å². The molecular formula is C13H14ClF3N2O. The molecule has 0 radical (unpaired) electrons. The lowest BCUT2D eigenvalue weighted by molar-refractivity contribution is -0.137. The number of rotatable bonds is 3. The van der Waals surface area contributed by atoms with Crippen molar-refractivity contribution < 1.29 is 18.0 Å². The lowest BCUT2D eigenvalue weighted by atomic mass is 10.0. The van der Waals surface area contributed by atoms with Gasteiger partial charge in [0.05, 0.1) is 5.56 Å². The van der Waals surface area contributed by atoms with Gasteiger partial charge in [0.15, 0.2) is 0 Å². The predicted molar refractivity (Wildman–Crippen MR) is 70.7 cm³/mol. The van der Waals surface area contributed by atoms with E-state index in [0.717, 1.165) is 31.6 Å². The van der Waals surface area contributed by atoms with Crippen molar-refractivity contribution in [3.63, 3.8) is 0 Å². The molecule has 0 aromatic heterocycles. The molecule has 7 heteroatoms. The first-order chi connectivity index (χ1) is 9.34. The summed E-state index contributed by atoms with van der Waals surface area (Å²) in [6.07, 6.45) is -3.29. The van der Waals surface area contributed by atoms with Crippen LogP contribution >= 0.6 is 11.6 Å². The number of amides is 1. The molecule has 2 N–H and O–H groups in total. The summed E-state index contributed by atoms with van der Waals surface area (Å²) in [5.74, 6) is -0.0645. The Kier molecular flexibility index (Phi) is 4.55. The third-order valence-electron chi connectivity index (χ3n) is 3.15. The van der Waals surface area contributed by atoms with Crippen LogP contribution in [0.1, 0.15) is 18.4 Å². The average molecular weight is 307 g/mol. The van der Waals surface area contributed by atoms with Gasteiger partial charge in [0.25, 0.3) is 0 Å². The van der Waals surface area contributed by atoms with E-state index < -0.39 is 11.7 Å².